The summed E-state index contributed by atoms with van der Waals surface area (Å²) in [4.78, 5) is -0.125. The topological polar surface area (TPSA) is 57.2 Å². The summed E-state index contributed by atoms with van der Waals surface area (Å²) in [6.07, 6.45) is 19.9. The third kappa shape index (κ3) is 12.2. The van der Waals surface area contributed by atoms with E-state index in [1.54, 1.807) is 6.07 Å². The number of aryl methyl sites for hydroxylation is 2. The van der Waals surface area contributed by atoms with Crippen molar-refractivity contribution in [1.82, 2.24) is 0 Å². The van der Waals surface area contributed by atoms with Gasteiger partial charge in [-0.15, -0.1) is 0 Å². The van der Waals surface area contributed by atoms with Crippen LogP contribution in [-0.4, -0.2) is 13.0 Å². The minimum absolute atomic E-state index is 0. The van der Waals surface area contributed by atoms with Crippen molar-refractivity contribution < 1.29 is 64.4 Å². The van der Waals surface area contributed by atoms with Gasteiger partial charge in [-0.05, 0) is 59.7 Å². The number of benzene rings is 2. The normalized spacial score (nSPS) is 11.6. The van der Waals surface area contributed by atoms with Crippen LogP contribution in [0.3, 0.4) is 0 Å². The number of unbranched alkanes of at least 4 members (excludes halogenated alkanes) is 12. The molecule has 0 aliphatic carbocycles. The van der Waals surface area contributed by atoms with Crippen molar-refractivity contribution in [2.45, 2.75) is 121 Å². The molecule has 2 aromatic carbocycles. The predicted molar refractivity (Wildman–Crippen MR) is 135 cm³/mol. The minimum atomic E-state index is -4.43. The molecular weight excluding hydrogens is 455 g/mol. The summed E-state index contributed by atoms with van der Waals surface area (Å²) < 4.78 is 34.6. The van der Waals surface area contributed by atoms with Gasteiger partial charge in [0, 0.05) is 0 Å². The van der Waals surface area contributed by atoms with Crippen LogP contribution in [-0.2, 0) is 23.0 Å². The van der Waals surface area contributed by atoms with Crippen LogP contribution in [0.25, 0.3) is 10.8 Å². The molecule has 0 aliphatic rings. The molecule has 180 valence electrons. The average molecular weight is 499 g/mol. The van der Waals surface area contributed by atoms with Crippen LogP contribution in [0, 0.1) is 0 Å². The Morgan fingerprint density at radius 3 is 1.73 bits per heavy atom. The van der Waals surface area contributed by atoms with Crippen LogP contribution >= 0.6 is 0 Å². The van der Waals surface area contributed by atoms with Crippen molar-refractivity contribution in [3.63, 3.8) is 0 Å². The van der Waals surface area contributed by atoms with Gasteiger partial charge in [0.05, 0.1) is 4.90 Å². The fraction of sp³-hybridized carbons (Fsp3) is 0.643. The molecule has 0 atom stereocenters. The first-order valence-electron chi connectivity index (χ1n) is 13.0. The molecule has 0 saturated heterocycles. The number of hydrogen-bond acceptors (Lipinski definition) is 3. The monoisotopic (exact) mass is 498 g/mol. The van der Waals surface area contributed by atoms with Crippen molar-refractivity contribution in [3.8, 4) is 0 Å². The van der Waals surface area contributed by atoms with Crippen LogP contribution < -0.4 is 51.4 Å². The molecule has 5 heteroatoms. The van der Waals surface area contributed by atoms with Gasteiger partial charge in [-0.2, -0.15) is 0 Å². The Hall–Kier alpha value is 0.246. The molecule has 2 rings (SSSR count). The molecule has 0 aliphatic heterocycles. The SMILES string of the molecule is CCCCCCCCCc1cc(CCCCCCCCC)c2ccc(S(=O)(=O)[O-])cc2c1.[K+]. The fourth-order valence-electron chi connectivity index (χ4n) is 4.56. The van der Waals surface area contributed by atoms with E-state index in [0.29, 0.717) is 0 Å². The quantitative estimate of drug-likeness (QED) is 0.168. The van der Waals surface area contributed by atoms with Crippen LogP contribution in [0.1, 0.15) is 115 Å². The first-order valence-corrected chi connectivity index (χ1v) is 14.4. The molecule has 0 fully saturated rings. The summed E-state index contributed by atoms with van der Waals surface area (Å²) >= 11 is 0. The van der Waals surface area contributed by atoms with E-state index in [0.717, 1.165) is 36.5 Å². The summed E-state index contributed by atoms with van der Waals surface area (Å²) in [5, 5.41) is 1.98. The molecule has 0 radical (unpaired) electrons. The van der Waals surface area contributed by atoms with Gasteiger partial charge in [0.1, 0.15) is 10.1 Å². The van der Waals surface area contributed by atoms with Gasteiger partial charge in [-0.3, -0.25) is 0 Å². The van der Waals surface area contributed by atoms with E-state index in [9.17, 15) is 13.0 Å². The number of hydrogen-bond donors (Lipinski definition) is 0. The Bertz CT molecular complexity index is 909. The molecule has 33 heavy (non-hydrogen) atoms. The van der Waals surface area contributed by atoms with Crippen molar-refractivity contribution in [2.75, 3.05) is 0 Å². The molecule has 2 aromatic rings. The van der Waals surface area contributed by atoms with Crippen LogP contribution in [0.15, 0.2) is 35.2 Å². The second-order valence-electron chi connectivity index (χ2n) is 9.33. The van der Waals surface area contributed by atoms with Gasteiger partial charge in [0.2, 0.25) is 0 Å². The second kappa shape index (κ2) is 17.6. The summed E-state index contributed by atoms with van der Waals surface area (Å²) in [6, 6.07) is 9.28. The van der Waals surface area contributed by atoms with E-state index in [2.05, 4.69) is 26.0 Å². The molecule has 0 bridgehead atoms. The first kappa shape index (κ1) is 31.3. The molecule has 0 spiro atoms. The standard InChI is InChI=1S/C28H44O3S.K/c1-3-5-7-9-11-13-15-17-24-21-25(18-16-14-12-10-8-6-4-2)28-20-19-27(32(29,30)31)23-26(28)22-24;/h19-23H,3-18H2,1-2H3,(H,29,30,31);/q;+1/p-1. The Labute approximate surface area is 245 Å². The summed E-state index contributed by atoms with van der Waals surface area (Å²) in [5.74, 6) is 0. The van der Waals surface area contributed by atoms with E-state index in [-0.39, 0.29) is 56.3 Å². The molecule has 0 heterocycles. The number of rotatable bonds is 17. The molecule has 0 amide bonds. The van der Waals surface area contributed by atoms with Gasteiger partial charge < -0.3 is 4.55 Å². The van der Waals surface area contributed by atoms with E-state index >= 15 is 0 Å². The van der Waals surface area contributed by atoms with Gasteiger partial charge in [-0.25, -0.2) is 8.42 Å². The zero-order chi connectivity index (χ0) is 23.2. The predicted octanol–water partition coefficient (Wildman–Crippen LogP) is 5.33. The smallest absolute Gasteiger partial charge is 0.744 e. The van der Waals surface area contributed by atoms with E-state index < -0.39 is 10.1 Å². The first-order chi connectivity index (χ1) is 15.5. The average Bonchev–Trinajstić information content (AvgIpc) is 2.76. The molecule has 0 N–H and O–H groups in total. The van der Waals surface area contributed by atoms with Gasteiger partial charge in [0.25, 0.3) is 0 Å². The minimum Gasteiger partial charge on any atom is -0.744 e. The molecule has 0 saturated carbocycles. The zero-order valence-electron chi connectivity index (χ0n) is 21.3. The zero-order valence-corrected chi connectivity index (χ0v) is 25.3. The van der Waals surface area contributed by atoms with Crippen LogP contribution in [0.2, 0.25) is 0 Å². The third-order valence-corrected chi connectivity index (χ3v) is 7.31. The maximum Gasteiger partial charge on any atom is 1.00 e. The van der Waals surface area contributed by atoms with Crippen LogP contribution in [0.4, 0.5) is 0 Å². The van der Waals surface area contributed by atoms with Gasteiger partial charge >= 0.3 is 51.4 Å². The third-order valence-electron chi connectivity index (χ3n) is 6.48. The Kier molecular flexibility index (Phi) is 16.7. The van der Waals surface area contributed by atoms with E-state index in [1.807, 2.05) is 6.07 Å². The number of fused-ring (bicyclic) bond motifs is 1. The van der Waals surface area contributed by atoms with Crippen molar-refractivity contribution in [1.29, 1.82) is 0 Å². The Balaban J connectivity index is 0.00000544. The fourth-order valence-corrected chi connectivity index (χ4v) is 5.07. The molecule has 0 aromatic heterocycles. The van der Waals surface area contributed by atoms with Gasteiger partial charge in [-0.1, -0.05) is 109 Å². The van der Waals surface area contributed by atoms with Crippen molar-refractivity contribution in [2.24, 2.45) is 0 Å². The van der Waals surface area contributed by atoms with Crippen molar-refractivity contribution in [3.05, 3.63) is 41.5 Å². The summed E-state index contributed by atoms with van der Waals surface area (Å²) in [7, 11) is -4.43. The summed E-state index contributed by atoms with van der Waals surface area (Å²) in [6.45, 7) is 4.49. The molecular formula is C28H43KO3S. The Morgan fingerprint density at radius 1 is 0.667 bits per heavy atom. The van der Waals surface area contributed by atoms with E-state index in [4.69, 9.17) is 0 Å². The maximum atomic E-state index is 11.5. The van der Waals surface area contributed by atoms with E-state index in [1.165, 1.54) is 94.2 Å². The summed E-state index contributed by atoms with van der Waals surface area (Å²) in [5.41, 5.74) is 2.56. The maximum absolute atomic E-state index is 11.5. The van der Waals surface area contributed by atoms with Crippen LogP contribution in [0.5, 0.6) is 0 Å². The second-order valence-corrected chi connectivity index (χ2v) is 10.7. The van der Waals surface area contributed by atoms with Gasteiger partial charge in [0.15, 0.2) is 0 Å². The molecule has 3 nitrogen and oxygen atoms in total. The Morgan fingerprint density at radius 2 is 1.18 bits per heavy atom. The largest absolute Gasteiger partial charge is 1.00 e. The van der Waals surface area contributed by atoms with Crippen molar-refractivity contribution >= 4 is 20.9 Å². The molecule has 0 unspecified atom stereocenters.